The summed E-state index contributed by atoms with van der Waals surface area (Å²) in [6.07, 6.45) is 0.390. The van der Waals surface area contributed by atoms with Gasteiger partial charge in [0, 0.05) is 17.7 Å². The minimum atomic E-state index is -0.251. The zero-order valence-electron chi connectivity index (χ0n) is 13.4. The number of hydrogen-bond donors (Lipinski definition) is 2. The second kappa shape index (κ2) is 6.80. The molecule has 0 fully saturated rings. The van der Waals surface area contributed by atoms with Crippen LogP contribution in [0.1, 0.15) is 29.3 Å². The van der Waals surface area contributed by atoms with Crippen molar-refractivity contribution in [3.05, 3.63) is 53.6 Å². The molecule has 0 saturated heterocycles. The quantitative estimate of drug-likeness (QED) is 0.748. The zero-order chi connectivity index (χ0) is 17.1. The van der Waals surface area contributed by atoms with Gasteiger partial charge in [-0.15, -0.1) is 0 Å². The number of hydrogen-bond acceptors (Lipinski definition) is 4. The van der Waals surface area contributed by atoms with Crippen LogP contribution in [0.3, 0.4) is 0 Å². The van der Waals surface area contributed by atoms with Crippen LogP contribution >= 0.6 is 11.3 Å². The van der Waals surface area contributed by atoms with Gasteiger partial charge >= 0.3 is 0 Å². The summed E-state index contributed by atoms with van der Waals surface area (Å²) in [7, 11) is 0. The highest BCUT2D eigenvalue weighted by Gasteiger charge is 2.11. The first kappa shape index (κ1) is 16.1. The van der Waals surface area contributed by atoms with Crippen LogP contribution in [0.2, 0.25) is 0 Å². The molecule has 0 unspecified atom stereocenters. The van der Waals surface area contributed by atoms with Crippen LogP contribution in [0.15, 0.2) is 42.5 Å². The fraction of sp³-hybridized carbons (Fsp3) is 0.167. The number of aromatic nitrogens is 1. The van der Waals surface area contributed by atoms with Crippen molar-refractivity contribution in [1.29, 1.82) is 0 Å². The van der Waals surface area contributed by atoms with Crippen LogP contribution < -0.4 is 10.6 Å². The number of rotatable bonds is 4. The summed E-state index contributed by atoms with van der Waals surface area (Å²) in [4.78, 5) is 28.4. The molecule has 3 aromatic rings. The lowest BCUT2D eigenvalue weighted by atomic mass is 10.2. The van der Waals surface area contributed by atoms with Crippen molar-refractivity contribution in [2.24, 2.45) is 0 Å². The number of aryl methyl sites for hydroxylation is 1. The third kappa shape index (κ3) is 3.44. The summed E-state index contributed by atoms with van der Waals surface area (Å²) < 4.78 is 1.04. The molecule has 0 bridgehead atoms. The van der Waals surface area contributed by atoms with E-state index in [0.717, 1.165) is 15.8 Å². The van der Waals surface area contributed by atoms with E-state index in [9.17, 15) is 9.59 Å². The molecular formula is C18H17N3O2S. The molecule has 1 heterocycles. The molecule has 0 saturated carbocycles. The first-order valence-corrected chi connectivity index (χ1v) is 8.46. The van der Waals surface area contributed by atoms with Gasteiger partial charge in [-0.3, -0.25) is 14.9 Å². The van der Waals surface area contributed by atoms with Gasteiger partial charge in [0.15, 0.2) is 5.13 Å². The summed E-state index contributed by atoms with van der Waals surface area (Å²) in [6.45, 7) is 3.77. The van der Waals surface area contributed by atoms with Crippen LogP contribution in [-0.2, 0) is 4.79 Å². The Bertz CT molecular complexity index is 918. The van der Waals surface area contributed by atoms with E-state index in [2.05, 4.69) is 15.6 Å². The molecule has 24 heavy (non-hydrogen) atoms. The number of carbonyl (C=O) groups excluding carboxylic acids is 2. The summed E-state index contributed by atoms with van der Waals surface area (Å²) in [5, 5.41) is 6.14. The Hall–Kier alpha value is -2.73. The number of thiazole rings is 1. The molecule has 1 aromatic heterocycles. The molecule has 0 aliphatic carbocycles. The molecular weight excluding hydrogens is 322 g/mol. The molecule has 0 atom stereocenters. The highest BCUT2D eigenvalue weighted by atomic mass is 32.1. The Balaban J connectivity index is 1.80. The number of benzene rings is 2. The Morgan fingerprint density at radius 1 is 1.12 bits per heavy atom. The van der Waals surface area contributed by atoms with Crippen LogP contribution in [0.4, 0.5) is 10.8 Å². The van der Waals surface area contributed by atoms with Crippen molar-refractivity contribution in [3.63, 3.8) is 0 Å². The van der Waals surface area contributed by atoms with Crippen LogP contribution in [0, 0.1) is 6.92 Å². The lowest BCUT2D eigenvalue weighted by Crippen LogP contribution is -2.13. The van der Waals surface area contributed by atoms with E-state index in [4.69, 9.17) is 0 Å². The van der Waals surface area contributed by atoms with Gasteiger partial charge in [0.2, 0.25) is 5.91 Å². The van der Waals surface area contributed by atoms with Gasteiger partial charge in [0.25, 0.3) is 5.91 Å². The summed E-state index contributed by atoms with van der Waals surface area (Å²) in [5.74, 6) is -0.339. The minimum absolute atomic E-state index is 0.0887. The molecule has 3 rings (SSSR count). The summed E-state index contributed by atoms with van der Waals surface area (Å²) in [5.41, 5.74) is 3.06. The normalized spacial score (nSPS) is 10.6. The molecule has 122 valence electrons. The number of anilines is 2. The molecule has 0 spiro atoms. The molecule has 0 radical (unpaired) electrons. The van der Waals surface area contributed by atoms with E-state index in [-0.39, 0.29) is 11.8 Å². The molecule has 2 N–H and O–H groups in total. The maximum atomic E-state index is 12.4. The SMILES string of the molecule is CCC(=O)Nc1cccc(C(=O)Nc2nc3c(C)cccc3s2)c1. The summed E-state index contributed by atoms with van der Waals surface area (Å²) in [6, 6.07) is 12.8. The van der Waals surface area contributed by atoms with E-state index in [1.807, 2.05) is 25.1 Å². The van der Waals surface area contributed by atoms with Crippen LogP contribution in [0.5, 0.6) is 0 Å². The number of nitrogens with one attached hydrogen (secondary N) is 2. The molecule has 0 aliphatic heterocycles. The van der Waals surface area contributed by atoms with Crippen molar-refractivity contribution in [1.82, 2.24) is 4.98 Å². The third-order valence-electron chi connectivity index (χ3n) is 3.57. The van der Waals surface area contributed by atoms with Gasteiger partial charge in [-0.05, 0) is 36.8 Å². The highest BCUT2D eigenvalue weighted by molar-refractivity contribution is 7.22. The molecule has 5 nitrogen and oxygen atoms in total. The van der Waals surface area contributed by atoms with Crippen LogP contribution in [0.25, 0.3) is 10.2 Å². The fourth-order valence-corrected chi connectivity index (χ4v) is 3.24. The Kier molecular flexibility index (Phi) is 4.57. The van der Waals surface area contributed by atoms with Gasteiger partial charge in [-0.1, -0.05) is 36.5 Å². The molecule has 0 aliphatic rings. The van der Waals surface area contributed by atoms with E-state index < -0.39 is 0 Å². The topological polar surface area (TPSA) is 71.1 Å². The largest absolute Gasteiger partial charge is 0.326 e. The van der Waals surface area contributed by atoms with Crippen molar-refractivity contribution in [2.75, 3.05) is 10.6 Å². The minimum Gasteiger partial charge on any atom is -0.326 e. The van der Waals surface area contributed by atoms with Gasteiger partial charge in [0.05, 0.1) is 10.2 Å². The van der Waals surface area contributed by atoms with Gasteiger partial charge < -0.3 is 5.32 Å². The molecule has 6 heteroatoms. The first-order chi connectivity index (χ1) is 11.6. The maximum absolute atomic E-state index is 12.4. The Morgan fingerprint density at radius 3 is 2.67 bits per heavy atom. The van der Waals surface area contributed by atoms with Crippen molar-refractivity contribution in [2.45, 2.75) is 20.3 Å². The van der Waals surface area contributed by atoms with Crippen LogP contribution in [-0.4, -0.2) is 16.8 Å². The monoisotopic (exact) mass is 339 g/mol. The predicted octanol–water partition coefficient (Wildman–Crippen LogP) is 4.21. The fourth-order valence-electron chi connectivity index (χ4n) is 2.30. The second-order valence-electron chi connectivity index (χ2n) is 5.38. The van der Waals surface area contributed by atoms with Crippen molar-refractivity contribution >= 4 is 44.2 Å². The number of amides is 2. The Morgan fingerprint density at radius 2 is 1.92 bits per heavy atom. The van der Waals surface area contributed by atoms with Gasteiger partial charge in [0.1, 0.15) is 0 Å². The molecule has 2 aromatic carbocycles. The first-order valence-electron chi connectivity index (χ1n) is 7.64. The lowest BCUT2D eigenvalue weighted by Gasteiger charge is -2.06. The predicted molar refractivity (Wildman–Crippen MR) is 97.7 cm³/mol. The van der Waals surface area contributed by atoms with Gasteiger partial charge in [-0.25, -0.2) is 4.98 Å². The average Bonchev–Trinajstić information content (AvgIpc) is 2.99. The van der Waals surface area contributed by atoms with E-state index in [0.29, 0.717) is 22.8 Å². The standard InChI is InChI=1S/C18H17N3O2S/c1-3-15(22)19-13-8-5-7-12(10-13)17(23)21-18-20-16-11(2)6-4-9-14(16)24-18/h4-10H,3H2,1-2H3,(H,19,22)(H,20,21,23). The number of fused-ring (bicyclic) bond motifs is 1. The number of para-hydroxylation sites is 1. The van der Waals surface area contributed by atoms with E-state index in [1.54, 1.807) is 31.2 Å². The van der Waals surface area contributed by atoms with E-state index >= 15 is 0 Å². The highest BCUT2D eigenvalue weighted by Crippen LogP contribution is 2.28. The maximum Gasteiger partial charge on any atom is 0.257 e. The number of nitrogens with zero attached hydrogens (tertiary/aromatic N) is 1. The Labute approximate surface area is 143 Å². The number of carbonyl (C=O) groups is 2. The molecule has 2 amide bonds. The van der Waals surface area contributed by atoms with Crippen molar-refractivity contribution in [3.8, 4) is 0 Å². The zero-order valence-corrected chi connectivity index (χ0v) is 14.2. The smallest absolute Gasteiger partial charge is 0.257 e. The van der Waals surface area contributed by atoms with E-state index in [1.165, 1.54) is 11.3 Å². The lowest BCUT2D eigenvalue weighted by molar-refractivity contribution is -0.115. The average molecular weight is 339 g/mol. The summed E-state index contributed by atoms with van der Waals surface area (Å²) >= 11 is 1.44. The van der Waals surface area contributed by atoms with Crippen molar-refractivity contribution < 1.29 is 9.59 Å². The second-order valence-corrected chi connectivity index (χ2v) is 6.41. The van der Waals surface area contributed by atoms with Gasteiger partial charge in [-0.2, -0.15) is 0 Å². The third-order valence-corrected chi connectivity index (χ3v) is 4.51.